The molecule has 1 amide bonds. The number of nitrogens with two attached hydrogens (primary N) is 1. The average Bonchev–Trinajstić information content (AvgIpc) is 3.11. The average molecular weight is 486 g/mol. The number of methoxy groups -OCH3 is 1. The standard InChI is InChI=1S/C18H21BrFN5O5/c1-28-16-7-14(23-2-4-29-5-3-23)13(19)6-15(16)24-11-22-25(18(24)27)9-12(8-20)10-30-17(21)26/h6-8,11H,2-5,9-10H2,1H3,(H2,21,26). The monoisotopic (exact) mass is 485 g/mol. The van der Waals surface area contributed by atoms with Gasteiger partial charge in [0.15, 0.2) is 0 Å². The van der Waals surface area contributed by atoms with Gasteiger partial charge in [-0.15, -0.1) is 0 Å². The molecule has 2 aromatic rings. The second kappa shape index (κ2) is 9.76. The Labute approximate surface area is 179 Å². The van der Waals surface area contributed by atoms with E-state index in [1.165, 1.54) is 18.0 Å². The summed E-state index contributed by atoms with van der Waals surface area (Å²) < 4.78 is 31.6. The van der Waals surface area contributed by atoms with E-state index < -0.39 is 11.8 Å². The molecule has 0 radical (unpaired) electrons. The van der Waals surface area contributed by atoms with E-state index in [9.17, 15) is 14.0 Å². The van der Waals surface area contributed by atoms with E-state index >= 15 is 0 Å². The number of amides is 1. The Balaban J connectivity index is 1.90. The molecule has 1 fully saturated rings. The molecule has 162 valence electrons. The Bertz CT molecular complexity index is 999. The van der Waals surface area contributed by atoms with Gasteiger partial charge in [-0.3, -0.25) is 0 Å². The fourth-order valence-electron chi connectivity index (χ4n) is 3.01. The van der Waals surface area contributed by atoms with Crippen molar-refractivity contribution in [2.24, 2.45) is 5.73 Å². The number of anilines is 1. The van der Waals surface area contributed by atoms with Crippen LogP contribution in [0, 0.1) is 0 Å². The summed E-state index contributed by atoms with van der Waals surface area (Å²) in [6.07, 6.45) is 0.524. The van der Waals surface area contributed by atoms with E-state index in [4.69, 9.17) is 15.2 Å². The molecule has 0 spiro atoms. The maximum absolute atomic E-state index is 13.1. The number of carbonyl (C=O) groups excluding carboxylic acids is 1. The van der Waals surface area contributed by atoms with E-state index in [1.807, 2.05) is 6.07 Å². The van der Waals surface area contributed by atoms with E-state index in [0.717, 1.165) is 27.9 Å². The van der Waals surface area contributed by atoms with Crippen LogP contribution >= 0.6 is 15.9 Å². The van der Waals surface area contributed by atoms with Crippen molar-refractivity contribution in [2.75, 3.05) is 44.9 Å². The van der Waals surface area contributed by atoms with Crippen LogP contribution in [0.1, 0.15) is 0 Å². The Morgan fingerprint density at radius 1 is 1.37 bits per heavy atom. The molecule has 10 nitrogen and oxygen atoms in total. The minimum Gasteiger partial charge on any atom is -0.494 e. The third kappa shape index (κ3) is 4.82. The summed E-state index contributed by atoms with van der Waals surface area (Å²) in [7, 11) is 1.51. The molecule has 0 atom stereocenters. The Morgan fingerprint density at radius 2 is 2.10 bits per heavy atom. The predicted molar refractivity (Wildman–Crippen MR) is 110 cm³/mol. The van der Waals surface area contributed by atoms with Gasteiger partial charge in [0.25, 0.3) is 0 Å². The van der Waals surface area contributed by atoms with Crippen molar-refractivity contribution in [3.05, 3.63) is 45.3 Å². The first-order valence-corrected chi connectivity index (χ1v) is 9.79. The van der Waals surface area contributed by atoms with Gasteiger partial charge in [-0.05, 0) is 22.0 Å². The first-order chi connectivity index (χ1) is 14.4. The fourth-order valence-corrected chi connectivity index (χ4v) is 3.59. The lowest BCUT2D eigenvalue weighted by Gasteiger charge is -2.30. The van der Waals surface area contributed by atoms with Gasteiger partial charge in [0, 0.05) is 29.2 Å². The van der Waals surface area contributed by atoms with Crippen LogP contribution in [-0.2, 0) is 16.0 Å². The Morgan fingerprint density at radius 3 is 2.73 bits per heavy atom. The lowest BCUT2D eigenvalue weighted by Crippen LogP contribution is -2.36. The lowest BCUT2D eigenvalue weighted by molar-refractivity contribution is 0.122. The van der Waals surface area contributed by atoms with Crippen LogP contribution in [0.4, 0.5) is 14.9 Å². The van der Waals surface area contributed by atoms with Gasteiger partial charge in [0.2, 0.25) is 0 Å². The minimum atomic E-state index is -1.04. The number of morpholine rings is 1. The van der Waals surface area contributed by atoms with Crippen molar-refractivity contribution in [3.63, 3.8) is 0 Å². The lowest BCUT2D eigenvalue weighted by atomic mass is 10.2. The van der Waals surface area contributed by atoms with Gasteiger partial charge in [-0.2, -0.15) is 5.10 Å². The highest BCUT2D eigenvalue weighted by molar-refractivity contribution is 9.10. The number of hydrogen-bond donors (Lipinski definition) is 1. The number of primary amides is 1. The summed E-state index contributed by atoms with van der Waals surface area (Å²) >= 11 is 3.56. The van der Waals surface area contributed by atoms with Crippen molar-refractivity contribution in [3.8, 4) is 11.4 Å². The SMILES string of the molecule is COc1cc(N2CCOCC2)c(Br)cc1-n1cnn(CC(=CF)COC(N)=O)c1=O. The molecule has 1 saturated heterocycles. The van der Waals surface area contributed by atoms with E-state index in [2.05, 4.69) is 30.7 Å². The topological polar surface area (TPSA) is 114 Å². The first kappa shape index (κ1) is 21.8. The highest BCUT2D eigenvalue weighted by Gasteiger charge is 2.20. The molecule has 1 aromatic heterocycles. The normalized spacial score (nSPS) is 14.6. The van der Waals surface area contributed by atoms with Gasteiger partial charge in [-0.25, -0.2) is 23.2 Å². The third-order valence-corrected chi connectivity index (χ3v) is 5.14. The molecule has 0 unspecified atom stereocenters. The van der Waals surface area contributed by atoms with E-state index in [-0.39, 0.29) is 25.1 Å². The summed E-state index contributed by atoms with van der Waals surface area (Å²) in [6, 6.07) is 3.60. The molecule has 1 aromatic carbocycles. The molecule has 2 heterocycles. The summed E-state index contributed by atoms with van der Waals surface area (Å²) in [5.41, 5.74) is 5.78. The van der Waals surface area contributed by atoms with Crippen LogP contribution in [-0.4, -0.2) is 60.5 Å². The number of rotatable bonds is 7. The summed E-state index contributed by atoms with van der Waals surface area (Å²) in [4.78, 5) is 25.7. The predicted octanol–water partition coefficient (Wildman–Crippen LogP) is 1.59. The summed E-state index contributed by atoms with van der Waals surface area (Å²) in [5.74, 6) is 0.472. The number of aromatic nitrogens is 3. The van der Waals surface area contributed by atoms with E-state index in [0.29, 0.717) is 24.7 Å². The largest absolute Gasteiger partial charge is 0.494 e. The second-order valence-corrected chi connectivity index (χ2v) is 7.25. The van der Waals surface area contributed by atoms with Crippen LogP contribution in [0.2, 0.25) is 0 Å². The van der Waals surface area contributed by atoms with Crippen LogP contribution in [0.25, 0.3) is 5.69 Å². The number of benzene rings is 1. The molecular formula is C18H21BrFN5O5. The van der Waals surface area contributed by atoms with Gasteiger partial charge >= 0.3 is 11.8 Å². The zero-order valence-electron chi connectivity index (χ0n) is 16.2. The van der Waals surface area contributed by atoms with Gasteiger partial charge in [-0.1, -0.05) is 0 Å². The Hall–Kier alpha value is -2.86. The molecule has 2 N–H and O–H groups in total. The van der Waals surface area contributed by atoms with E-state index in [1.54, 1.807) is 6.07 Å². The number of carbonyl (C=O) groups is 1. The Kier molecular flexibility index (Phi) is 7.11. The van der Waals surface area contributed by atoms with Crippen LogP contribution in [0.5, 0.6) is 5.75 Å². The first-order valence-electron chi connectivity index (χ1n) is 9.00. The molecule has 0 saturated carbocycles. The van der Waals surface area contributed by atoms with Crippen molar-refractivity contribution < 1.29 is 23.4 Å². The molecule has 1 aliphatic rings. The number of ether oxygens (including phenoxy) is 3. The molecule has 0 aliphatic carbocycles. The van der Waals surface area contributed by atoms with Gasteiger partial charge < -0.3 is 24.8 Å². The van der Waals surface area contributed by atoms with Crippen molar-refractivity contribution >= 4 is 27.7 Å². The quantitative estimate of drug-likeness (QED) is 0.633. The van der Waals surface area contributed by atoms with Crippen molar-refractivity contribution in [2.45, 2.75) is 6.54 Å². The smallest absolute Gasteiger partial charge is 0.404 e. The zero-order valence-corrected chi connectivity index (χ0v) is 17.8. The van der Waals surface area contributed by atoms with Crippen molar-refractivity contribution in [1.29, 1.82) is 0 Å². The maximum atomic E-state index is 13.1. The summed E-state index contributed by atoms with van der Waals surface area (Å²) in [5, 5.41) is 4.01. The molecule has 0 bridgehead atoms. The van der Waals surface area contributed by atoms with Crippen LogP contribution in [0.15, 0.2) is 39.6 Å². The highest BCUT2D eigenvalue weighted by atomic mass is 79.9. The maximum Gasteiger partial charge on any atom is 0.404 e. The second-order valence-electron chi connectivity index (χ2n) is 6.39. The van der Waals surface area contributed by atoms with Crippen LogP contribution in [0.3, 0.4) is 0 Å². The number of hydrogen-bond acceptors (Lipinski definition) is 7. The highest BCUT2D eigenvalue weighted by Crippen LogP contribution is 2.35. The van der Waals surface area contributed by atoms with Gasteiger partial charge in [0.1, 0.15) is 18.7 Å². The molecule has 3 rings (SSSR count). The fraction of sp³-hybridized carbons (Fsp3) is 0.389. The third-order valence-electron chi connectivity index (χ3n) is 4.50. The van der Waals surface area contributed by atoms with Crippen molar-refractivity contribution in [1.82, 2.24) is 14.3 Å². The minimum absolute atomic E-state index is 0.0250. The summed E-state index contributed by atoms with van der Waals surface area (Å²) in [6.45, 7) is 2.16. The molecule has 30 heavy (non-hydrogen) atoms. The molecule has 1 aliphatic heterocycles. The van der Waals surface area contributed by atoms with Gasteiger partial charge in [0.05, 0.1) is 44.6 Å². The zero-order chi connectivity index (χ0) is 21.7. The molecular weight excluding hydrogens is 465 g/mol. The number of halogens is 2. The molecule has 12 heteroatoms. The number of nitrogens with zero attached hydrogens (tertiary/aromatic N) is 4. The van der Waals surface area contributed by atoms with Crippen LogP contribution < -0.4 is 21.1 Å².